The molecule has 1 saturated carbocycles. The smallest absolute Gasteiger partial charge is 0.227 e. The third-order valence-corrected chi connectivity index (χ3v) is 5.67. The third-order valence-electron chi connectivity index (χ3n) is 5.67. The van der Waals surface area contributed by atoms with Crippen LogP contribution in [0.4, 0.5) is 5.69 Å². The maximum absolute atomic E-state index is 12.2. The van der Waals surface area contributed by atoms with Gasteiger partial charge >= 0.3 is 0 Å². The lowest BCUT2D eigenvalue weighted by Gasteiger charge is -2.24. The Morgan fingerprint density at radius 1 is 1.34 bits per heavy atom. The molecule has 32 heavy (non-hydrogen) atoms. The summed E-state index contributed by atoms with van der Waals surface area (Å²) in [5.41, 5.74) is 4.26. The van der Waals surface area contributed by atoms with Crippen molar-refractivity contribution in [2.24, 2.45) is 18.0 Å². The van der Waals surface area contributed by atoms with E-state index in [9.17, 15) is 4.79 Å². The molecule has 2 N–H and O–H groups in total. The lowest BCUT2D eigenvalue weighted by Crippen LogP contribution is -2.38. The van der Waals surface area contributed by atoms with Crippen molar-refractivity contribution in [2.45, 2.75) is 59.0 Å². The molecule has 1 amide bonds. The van der Waals surface area contributed by atoms with Gasteiger partial charge in [-0.15, -0.1) is 24.0 Å². The normalized spacial score (nSPS) is 14.0. The Hall–Kier alpha value is -2.10. The summed E-state index contributed by atoms with van der Waals surface area (Å²) in [5, 5.41) is 11.0. The molecule has 1 aliphatic rings. The molecule has 0 spiro atoms. The van der Waals surface area contributed by atoms with E-state index in [-0.39, 0.29) is 35.8 Å². The maximum atomic E-state index is 12.2. The number of nitrogens with zero attached hydrogens (tertiary/aromatic N) is 4. The number of carbonyl (C=O) groups excluding carboxylic acids is 1. The Morgan fingerprint density at radius 2 is 2.09 bits per heavy atom. The summed E-state index contributed by atoms with van der Waals surface area (Å²) >= 11 is 0. The minimum atomic E-state index is 0. The topological polar surface area (TPSA) is 74.6 Å². The molecule has 0 atom stereocenters. The van der Waals surface area contributed by atoms with Crippen LogP contribution < -0.4 is 10.6 Å². The maximum Gasteiger partial charge on any atom is 0.227 e. The Labute approximate surface area is 209 Å². The fourth-order valence-corrected chi connectivity index (χ4v) is 3.79. The number of carbonyl (C=O) groups is 1. The molecule has 1 aliphatic carbocycles. The molecule has 8 heteroatoms. The van der Waals surface area contributed by atoms with E-state index in [4.69, 9.17) is 4.99 Å². The zero-order valence-electron chi connectivity index (χ0n) is 19.9. The van der Waals surface area contributed by atoms with E-state index in [0.29, 0.717) is 12.5 Å². The molecular formula is C24H37IN6O. The summed E-state index contributed by atoms with van der Waals surface area (Å²) in [6, 6.07) is 7.98. The number of aliphatic imine (C=N–C) groups is 1. The quantitative estimate of drug-likeness (QED) is 0.288. The van der Waals surface area contributed by atoms with Crippen molar-refractivity contribution in [3.05, 3.63) is 47.3 Å². The molecule has 0 bridgehead atoms. The van der Waals surface area contributed by atoms with Gasteiger partial charge in [-0.2, -0.15) is 5.10 Å². The second kappa shape index (κ2) is 12.2. The number of aromatic nitrogens is 2. The van der Waals surface area contributed by atoms with Gasteiger partial charge in [0.15, 0.2) is 5.96 Å². The number of rotatable bonds is 8. The molecule has 176 valence electrons. The Morgan fingerprint density at radius 3 is 2.72 bits per heavy atom. The lowest BCUT2D eigenvalue weighted by molar-refractivity contribution is -0.122. The first-order valence-corrected chi connectivity index (χ1v) is 11.3. The molecule has 1 aromatic carbocycles. The molecule has 1 fully saturated rings. The second-order valence-corrected chi connectivity index (χ2v) is 8.71. The van der Waals surface area contributed by atoms with Gasteiger partial charge in [0, 0.05) is 50.6 Å². The highest BCUT2D eigenvalue weighted by atomic mass is 127. The number of aryl methyl sites for hydroxylation is 1. The Bertz CT molecular complexity index is 919. The molecule has 0 radical (unpaired) electrons. The number of hydrogen-bond acceptors (Lipinski definition) is 3. The molecule has 2 aromatic rings. The molecule has 0 unspecified atom stereocenters. The number of nitrogens with one attached hydrogen (secondary N) is 2. The van der Waals surface area contributed by atoms with Crippen molar-refractivity contribution in [1.82, 2.24) is 20.0 Å². The summed E-state index contributed by atoms with van der Waals surface area (Å²) in [6.07, 6.45) is 5.25. The fraction of sp³-hybridized carbons (Fsp3) is 0.542. The minimum absolute atomic E-state index is 0. The van der Waals surface area contributed by atoms with Crippen LogP contribution in [0.3, 0.4) is 0 Å². The highest BCUT2D eigenvalue weighted by Gasteiger charge is 2.25. The summed E-state index contributed by atoms with van der Waals surface area (Å²) in [4.78, 5) is 19.2. The first kappa shape index (κ1) is 26.2. The SMILES string of the molecule is CCNC(=NCc1cccc(NC(=O)C2CCC2)c1)N(C)Cc1cn(C)nc1C(C)C.I. The van der Waals surface area contributed by atoms with Gasteiger partial charge in [-0.25, -0.2) is 4.99 Å². The fourth-order valence-electron chi connectivity index (χ4n) is 3.79. The Kier molecular flexibility index (Phi) is 9.99. The van der Waals surface area contributed by atoms with Gasteiger partial charge in [0.2, 0.25) is 5.91 Å². The average molecular weight is 553 g/mol. The van der Waals surface area contributed by atoms with Crippen LogP contribution in [0.25, 0.3) is 0 Å². The number of benzene rings is 1. The van der Waals surface area contributed by atoms with Crippen molar-refractivity contribution >= 4 is 41.5 Å². The van der Waals surface area contributed by atoms with Crippen LogP contribution in [-0.4, -0.2) is 40.1 Å². The number of guanidine groups is 1. The monoisotopic (exact) mass is 552 g/mol. The zero-order chi connectivity index (χ0) is 22.4. The minimum Gasteiger partial charge on any atom is -0.357 e. The summed E-state index contributed by atoms with van der Waals surface area (Å²) in [5.74, 6) is 1.54. The van der Waals surface area contributed by atoms with E-state index in [0.717, 1.165) is 55.3 Å². The first-order valence-electron chi connectivity index (χ1n) is 11.3. The van der Waals surface area contributed by atoms with Crippen LogP contribution in [0.15, 0.2) is 35.5 Å². The van der Waals surface area contributed by atoms with Crippen molar-refractivity contribution in [1.29, 1.82) is 0 Å². The molecule has 0 aliphatic heterocycles. The largest absolute Gasteiger partial charge is 0.357 e. The second-order valence-electron chi connectivity index (χ2n) is 8.71. The number of anilines is 1. The molecule has 0 saturated heterocycles. The van der Waals surface area contributed by atoms with E-state index in [2.05, 4.69) is 47.6 Å². The molecule has 1 heterocycles. The van der Waals surface area contributed by atoms with Gasteiger partial charge < -0.3 is 15.5 Å². The third kappa shape index (κ3) is 6.95. The highest BCUT2D eigenvalue weighted by molar-refractivity contribution is 14.0. The number of amides is 1. The van der Waals surface area contributed by atoms with Crippen LogP contribution in [0, 0.1) is 5.92 Å². The van der Waals surface area contributed by atoms with Crippen molar-refractivity contribution in [3.8, 4) is 0 Å². The molecular weight excluding hydrogens is 515 g/mol. The lowest BCUT2D eigenvalue weighted by atomic mass is 9.85. The van der Waals surface area contributed by atoms with Crippen LogP contribution >= 0.6 is 24.0 Å². The molecule has 3 rings (SSSR count). The molecule has 1 aromatic heterocycles. The average Bonchev–Trinajstić information content (AvgIpc) is 3.04. The van der Waals surface area contributed by atoms with E-state index >= 15 is 0 Å². The van der Waals surface area contributed by atoms with E-state index in [1.54, 1.807) is 0 Å². The molecule has 7 nitrogen and oxygen atoms in total. The number of hydrogen-bond donors (Lipinski definition) is 2. The van der Waals surface area contributed by atoms with Crippen molar-refractivity contribution in [3.63, 3.8) is 0 Å². The van der Waals surface area contributed by atoms with Gasteiger partial charge in [0.05, 0.1) is 12.2 Å². The zero-order valence-corrected chi connectivity index (χ0v) is 22.2. The van der Waals surface area contributed by atoms with Gasteiger partial charge in [-0.05, 0) is 43.4 Å². The Balaban J connectivity index is 0.00000363. The van der Waals surface area contributed by atoms with E-state index in [1.807, 2.05) is 43.0 Å². The predicted molar refractivity (Wildman–Crippen MR) is 141 cm³/mol. The summed E-state index contributed by atoms with van der Waals surface area (Å²) < 4.78 is 1.88. The van der Waals surface area contributed by atoms with E-state index in [1.165, 1.54) is 5.56 Å². The summed E-state index contributed by atoms with van der Waals surface area (Å²) in [7, 11) is 4.01. The van der Waals surface area contributed by atoms with E-state index < -0.39 is 0 Å². The van der Waals surface area contributed by atoms with Crippen LogP contribution in [-0.2, 0) is 24.9 Å². The summed E-state index contributed by atoms with van der Waals surface area (Å²) in [6.45, 7) is 8.49. The first-order chi connectivity index (χ1) is 14.9. The van der Waals surface area contributed by atoms with Crippen molar-refractivity contribution < 1.29 is 4.79 Å². The van der Waals surface area contributed by atoms with Crippen molar-refractivity contribution in [2.75, 3.05) is 18.9 Å². The predicted octanol–water partition coefficient (Wildman–Crippen LogP) is 4.50. The van der Waals surface area contributed by atoms with Crippen LogP contribution in [0.2, 0.25) is 0 Å². The van der Waals surface area contributed by atoms with Gasteiger partial charge in [0.1, 0.15) is 0 Å². The standard InChI is InChI=1S/C24H36N6O.HI/c1-6-25-24(29(4)15-20-16-30(5)28-22(20)17(2)3)26-14-18-9-7-12-21(13-18)27-23(31)19-10-8-11-19;/h7,9,12-13,16-17,19H,6,8,10-11,14-15H2,1-5H3,(H,25,26)(H,27,31);1H. The van der Waals surface area contributed by atoms with Crippen LogP contribution in [0.1, 0.15) is 62.8 Å². The van der Waals surface area contributed by atoms with Gasteiger partial charge in [-0.1, -0.05) is 32.4 Å². The van der Waals surface area contributed by atoms with Gasteiger partial charge in [0.25, 0.3) is 0 Å². The highest BCUT2D eigenvalue weighted by Crippen LogP contribution is 2.27. The van der Waals surface area contributed by atoms with Gasteiger partial charge in [-0.3, -0.25) is 9.48 Å². The van der Waals surface area contributed by atoms with Crippen LogP contribution in [0.5, 0.6) is 0 Å². The number of halogens is 1.